The van der Waals surface area contributed by atoms with Crippen LogP contribution >= 0.6 is 0 Å². The molecule has 0 unspecified atom stereocenters. The number of methoxy groups -OCH3 is 1. The van der Waals surface area contributed by atoms with Crippen LogP contribution in [0, 0.1) is 11.8 Å². The molecule has 4 atom stereocenters. The van der Waals surface area contributed by atoms with Crippen molar-refractivity contribution in [1.82, 2.24) is 10.3 Å². The highest BCUT2D eigenvalue weighted by molar-refractivity contribution is 6.24. The number of aromatic hydroxyl groups is 1. The van der Waals surface area contributed by atoms with Crippen molar-refractivity contribution in [2.45, 2.75) is 18.0 Å². The smallest absolute Gasteiger partial charge is 0.325 e. The second-order valence-corrected chi connectivity index (χ2v) is 9.68. The number of benzene rings is 3. The Morgan fingerprint density at radius 2 is 1.74 bits per heavy atom. The largest absolute Gasteiger partial charge is 0.504 e. The summed E-state index contributed by atoms with van der Waals surface area (Å²) < 4.78 is 5.27. The van der Waals surface area contributed by atoms with Crippen molar-refractivity contribution in [2.24, 2.45) is 11.8 Å². The first-order valence-corrected chi connectivity index (χ1v) is 12.2. The van der Waals surface area contributed by atoms with Crippen LogP contribution in [0.4, 0.5) is 5.69 Å². The number of phenolic OH excluding ortho intramolecular Hbond substituents is 1. The summed E-state index contributed by atoms with van der Waals surface area (Å²) in [7, 11) is 1.41. The van der Waals surface area contributed by atoms with Gasteiger partial charge in [0.05, 0.1) is 24.6 Å². The fourth-order valence-corrected chi connectivity index (χ4v) is 6.07. The van der Waals surface area contributed by atoms with Gasteiger partial charge < -0.3 is 19.9 Å². The molecular formula is C29H25N3O6. The van der Waals surface area contributed by atoms with Crippen LogP contribution in [0.5, 0.6) is 11.5 Å². The highest BCUT2D eigenvalue weighted by Crippen LogP contribution is 2.53. The Morgan fingerprint density at radius 1 is 1.00 bits per heavy atom. The average Bonchev–Trinajstić information content (AvgIpc) is 3.57. The second kappa shape index (κ2) is 8.74. The number of anilines is 1. The predicted molar refractivity (Wildman–Crippen MR) is 139 cm³/mol. The molecule has 38 heavy (non-hydrogen) atoms. The van der Waals surface area contributed by atoms with Crippen molar-refractivity contribution < 1.29 is 29.3 Å². The number of para-hydroxylation sites is 3. The van der Waals surface area contributed by atoms with Gasteiger partial charge in [0.2, 0.25) is 11.8 Å². The molecule has 4 N–H and O–H groups in total. The lowest BCUT2D eigenvalue weighted by Crippen LogP contribution is -2.57. The minimum atomic E-state index is -1.83. The van der Waals surface area contributed by atoms with Crippen molar-refractivity contribution in [3.63, 3.8) is 0 Å². The lowest BCUT2D eigenvalue weighted by atomic mass is 9.76. The number of nitrogens with zero attached hydrogens (tertiary/aromatic N) is 1. The number of fused-ring (bicyclic) bond motifs is 2. The van der Waals surface area contributed by atoms with Crippen LogP contribution in [0.15, 0.2) is 79.0 Å². The molecule has 0 radical (unpaired) electrons. The fourth-order valence-electron chi connectivity index (χ4n) is 6.07. The molecule has 6 rings (SSSR count). The number of rotatable bonds is 6. The maximum atomic E-state index is 14.0. The topological polar surface area (TPSA) is 132 Å². The number of hydrogen-bond acceptors (Lipinski definition) is 6. The molecule has 0 aliphatic carbocycles. The first-order valence-electron chi connectivity index (χ1n) is 12.2. The van der Waals surface area contributed by atoms with Crippen molar-refractivity contribution in [3.8, 4) is 11.5 Å². The first-order chi connectivity index (χ1) is 18.4. The van der Waals surface area contributed by atoms with Gasteiger partial charge in [0.15, 0.2) is 11.5 Å². The molecule has 192 valence electrons. The number of aliphatic carboxylic acids is 1. The number of nitrogens with one attached hydrogen (secondary N) is 2. The summed E-state index contributed by atoms with van der Waals surface area (Å²) in [4.78, 5) is 45.3. The average molecular weight is 512 g/mol. The minimum Gasteiger partial charge on any atom is -0.504 e. The molecule has 2 fully saturated rings. The van der Waals surface area contributed by atoms with Gasteiger partial charge in [-0.2, -0.15) is 0 Å². The number of carboxylic acid groups (broad SMARTS) is 1. The summed E-state index contributed by atoms with van der Waals surface area (Å²) >= 11 is 0. The maximum absolute atomic E-state index is 14.0. The lowest BCUT2D eigenvalue weighted by Gasteiger charge is -2.31. The van der Waals surface area contributed by atoms with E-state index in [1.165, 1.54) is 7.11 Å². The van der Waals surface area contributed by atoms with Gasteiger partial charge >= 0.3 is 5.97 Å². The molecule has 2 aliphatic heterocycles. The SMILES string of the molecule is COc1cccc([C@H]2N[C@](Cc3c[nH]c4ccccc34)(C(=O)O)[C@@H]3C(=O)N(c4ccccc4)C(=O)[C@H]23)c1O. The number of amides is 2. The molecule has 3 heterocycles. The zero-order chi connectivity index (χ0) is 26.6. The number of aromatic amines is 1. The molecule has 2 saturated heterocycles. The van der Waals surface area contributed by atoms with Crippen molar-refractivity contribution in [1.29, 1.82) is 0 Å². The lowest BCUT2D eigenvalue weighted by molar-refractivity contribution is -0.148. The standard InChI is InChI=1S/C29H25N3O6/c1-38-21-13-7-11-19(25(21)33)24-22-23(27(35)32(26(22)34)17-8-3-2-4-9-17)29(31-24,28(36)37)14-16-15-30-20-12-6-5-10-18(16)20/h2-13,15,22-24,30-31,33H,14H2,1H3,(H,36,37)/t22-,23-,24+,29-/m0/s1. The zero-order valence-corrected chi connectivity index (χ0v) is 20.4. The van der Waals surface area contributed by atoms with Crippen molar-refractivity contribution in [2.75, 3.05) is 12.0 Å². The molecule has 9 nitrogen and oxygen atoms in total. The molecule has 1 aromatic heterocycles. The Balaban J connectivity index is 1.54. The van der Waals surface area contributed by atoms with E-state index in [0.717, 1.165) is 15.8 Å². The molecule has 9 heteroatoms. The van der Waals surface area contributed by atoms with Crippen LogP contribution in [0.2, 0.25) is 0 Å². The Hall–Kier alpha value is -4.63. The number of carbonyl (C=O) groups excluding carboxylic acids is 2. The van der Waals surface area contributed by atoms with Crippen molar-refractivity contribution in [3.05, 3.63) is 90.1 Å². The summed E-state index contributed by atoms with van der Waals surface area (Å²) in [6.45, 7) is 0. The van der Waals surface area contributed by atoms with Crippen LogP contribution in [-0.2, 0) is 20.8 Å². The Labute approximate surface area is 217 Å². The van der Waals surface area contributed by atoms with Gasteiger partial charge in [-0.05, 0) is 29.8 Å². The number of hydrogen-bond donors (Lipinski definition) is 4. The third-order valence-electron chi connectivity index (χ3n) is 7.78. The van der Waals surface area contributed by atoms with Gasteiger partial charge in [0.1, 0.15) is 5.54 Å². The minimum absolute atomic E-state index is 0.0591. The van der Waals surface area contributed by atoms with E-state index < -0.39 is 41.2 Å². The number of carboxylic acids is 1. The van der Waals surface area contributed by atoms with E-state index in [-0.39, 0.29) is 23.5 Å². The summed E-state index contributed by atoms with van der Waals surface area (Å²) in [5, 5.41) is 25.7. The molecule has 4 aromatic rings. The Kier molecular flexibility index (Phi) is 5.46. The Morgan fingerprint density at radius 3 is 2.47 bits per heavy atom. The van der Waals surface area contributed by atoms with E-state index in [1.807, 2.05) is 24.3 Å². The molecule has 0 spiro atoms. The van der Waals surface area contributed by atoms with Gasteiger partial charge in [0, 0.05) is 35.1 Å². The third-order valence-corrected chi connectivity index (χ3v) is 7.78. The number of ether oxygens (including phenoxy) is 1. The molecular weight excluding hydrogens is 486 g/mol. The number of carbonyl (C=O) groups is 3. The summed E-state index contributed by atoms with van der Waals surface area (Å²) in [6.07, 6.45) is 1.68. The molecule has 2 aliphatic rings. The molecule has 0 bridgehead atoms. The van der Waals surface area contributed by atoms with Crippen LogP contribution in [0.25, 0.3) is 10.9 Å². The predicted octanol–water partition coefficient (Wildman–Crippen LogP) is 3.40. The van der Waals surface area contributed by atoms with E-state index in [2.05, 4.69) is 10.3 Å². The van der Waals surface area contributed by atoms with Gasteiger partial charge in [0.25, 0.3) is 0 Å². The molecule has 0 saturated carbocycles. The highest BCUT2D eigenvalue weighted by atomic mass is 16.5. The molecule has 2 amide bonds. The van der Waals surface area contributed by atoms with E-state index in [1.54, 1.807) is 54.7 Å². The number of phenols is 1. The summed E-state index contributed by atoms with van der Waals surface area (Å²) in [5.41, 5.74) is 0.364. The second-order valence-electron chi connectivity index (χ2n) is 9.68. The van der Waals surface area contributed by atoms with Crippen LogP contribution < -0.4 is 15.0 Å². The van der Waals surface area contributed by atoms with Crippen LogP contribution in [0.1, 0.15) is 17.2 Å². The van der Waals surface area contributed by atoms with Gasteiger partial charge in [-0.25, -0.2) is 4.90 Å². The zero-order valence-electron chi connectivity index (χ0n) is 20.4. The van der Waals surface area contributed by atoms with Crippen LogP contribution in [0.3, 0.4) is 0 Å². The quantitative estimate of drug-likeness (QED) is 0.292. The first kappa shape index (κ1) is 23.7. The molecule has 3 aromatic carbocycles. The van der Waals surface area contributed by atoms with E-state index in [4.69, 9.17) is 4.74 Å². The van der Waals surface area contributed by atoms with E-state index in [9.17, 15) is 24.6 Å². The van der Waals surface area contributed by atoms with E-state index in [0.29, 0.717) is 11.3 Å². The summed E-state index contributed by atoms with van der Waals surface area (Å²) in [5.74, 6) is -4.68. The van der Waals surface area contributed by atoms with E-state index >= 15 is 0 Å². The van der Waals surface area contributed by atoms with Crippen molar-refractivity contribution >= 4 is 34.4 Å². The monoisotopic (exact) mass is 511 g/mol. The van der Waals surface area contributed by atoms with Crippen LogP contribution in [-0.4, -0.2) is 45.6 Å². The highest BCUT2D eigenvalue weighted by Gasteiger charge is 2.69. The normalized spacial score (nSPS) is 24.7. The maximum Gasteiger partial charge on any atom is 0.325 e. The summed E-state index contributed by atoms with van der Waals surface area (Å²) in [6, 6.07) is 19.9. The number of aromatic nitrogens is 1. The van der Waals surface area contributed by atoms with Gasteiger partial charge in [-0.1, -0.05) is 48.5 Å². The number of imide groups is 1. The third kappa shape index (κ3) is 3.32. The van der Waals surface area contributed by atoms with Gasteiger partial charge in [-0.15, -0.1) is 0 Å². The fraction of sp³-hybridized carbons (Fsp3) is 0.207. The number of H-pyrrole nitrogens is 1. The van der Waals surface area contributed by atoms with Gasteiger partial charge in [-0.3, -0.25) is 19.7 Å². The Bertz CT molecular complexity index is 1580.